The number of aromatic nitrogens is 5. The maximum atomic E-state index is 13.1. The fourth-order valence-corrected chi connectivity index (χ4v) is 4.54. The quantitative estimate of drug-likeness (QED) is 0.448. The van der Waals surface area contributed by atoms with Crippen LogP contribution in [0.1, 0.15) is 16.1 Å². The average Bonchev–Trinajstić information content (AvgIpc) is 3.42. The van der Waals surface area contributed by atoms with Crippen molar-refractivity contribution >= 4 is 50.9 Å². The van der Waals surface area contributed by atoms with Gasteiger partial charge in [0.2, 0.25) is 0 Å². The molecule has 0 unspecified atom stereocenters. The number of amides is 1. The summed E-state index contributed by atoms with van der Waals surface area (Å²) in [7, 11) is 0. The van der Waals surface area contributed by atoms with Crippen LogP contribution >= 0.6 is 11.6 Å². The summed E-state index contributed by atoms with van der Waals surface area (Å²) in [6.45, 7) is 4.50. The third-order valence-electron chi connectivity index (χ3n) is 6.08. The van der Waals surface area contributed by atoms with E-state index in [-0.39, 0.29) is 5.91 Å². The van der Waals surface area contributed by atoms with Gasteiger partial charge < -0.3 is 14.8 Å². The number of imidazole rings is 1. The molecule has 1 fully saturated rings. The van der Waals surface area contributed by atoms with E-state index in [2.05, 4.69) is 26.0 Å². The van der Waals surface area contributed by atoms with Crippen LogP contribution in [0, 0.1) is 6.92 Å². The Morgan fingerprint density at radius 1 is 1.09 bits per heavy atom. The number of fused-ring (bicyclic) bond motifs is 4. The Morgan fingerprint density at radius 2 is 1.91 bits per heavy atom. The van der Waals surface area contributed by atoms with E-state index in [4.69, 9.17) is 16.6 Å². The number of hydrogen-bond donors (Lipinski definition) is 1. The summed E-state index contributed by atoms with van der Waals surface area (Å²) < 4.78 is 1.81. The van der Waals surface area contributed by atoms with E-state index in [1.807, 2.05) is 52.7 Å². The van der Waals surface area contributed by atoms with Crippen LogP contribution in [-0.2, 0) is 0 Å². The van der Waals surface area contributed by atoms with Gasteiger partial charge in [0.1, 0.15) is 10.8 Å². The highest BCUT2D eigenvalue weighted by molar-refractivity contribution is 6.34. The Labute approximate surface area is 188 Å². The molecule has 6 rings (SSSR count). The number of piperazine rings is 1. The summed E-state index contributed by atoms with van der Waals surface area (Å²) in [5.74, 6) is 0.907. The maximum Gasteiger partial charge on any atom is 0.254 e. The number of aryl methyl sites for hydroxylation is 1. The van der Waals surface area contributed by atoms with E-state index >= 15 is 0 Å². The van der Waals surface area contributed by atoms with E-state index in [1.165, 1.54) is 0 Å². The lowest BCUT2D eigenvalue weighted by atomic mass is 10.1. The maximum absolute atomic E-state index is 13.1. The minimum absolute atomic E-state index is 0.0314. The van der Waals surface area contributed by atoms with E-state index < -0.39 is 0 Å². The van der Waals surface area contributed by atoms with E-state index in [0.717, 1.165) is 33.4 Å². The van der Waals surface area contributed by atoms with Crippen molar-refractivity contribution in [3.8, 4) is 0 Å². The molecule has 0 atom stereocenters. The molecule has 160 valence electrons. The van der Waals surface area contributed by atoms with Crippen molar-refractivity contribution in [2.45, 2.75) is 6.92 Å². The topological polar surface area (TPSA) is 82.4 Å². The number of benzene rings is 2. The number of H-pyrrole nitrogens is 1. The molecule has 3 aromatic heterocycles. The molecular formula is C23H20ClN7O. The van der Waals surface area contributed by atoms with Crippen molar-refractivity contribution in [1.82, 2.24) is 29.5 Å². The molecule has 4 heterocycles. The molecule has 1 aliphatic rings. The van der Waals surface area contributed by atoms with Gasteiger partial charge in [-0.3, -0.25) is 4.79 Å². The van der Waals surface area contributed by atoms with Crippen LogP contribution in [0.25, 0.3) is 27.6 Å². The minimum Gasteiger partial charge on any atom is -0.352 e. The van der Waals surface area contributed by atoms with Gasteiger partial charge >= 0.3 is 0 Å². The highest BCUT2D eigenvalue weighted by Crippen LogP contribution is 2.30. The van der Waals surface area contributed by atoms with Crippen LogP contribution in [0.15, 0.2) is 48.8 Å². The third-order valence-corrected chi connectivity index (χ3v) is 6.53. The zero-order chi connectivity index (χ0) is 21.8. The van der Waals surface area contributed by atoms with Gasteiger partial charge in [-0.15, -0.1) is 0 Å². The summed E-state index contributed by atoms with van der Waals surface area (Å²) in [5.41, 5.74) is 4.77. The normalized spacial score (nSPS) is 14.7. The number of nitrogens with one attached hydrogen (secondary N) is 1. The number of rotatable bonds is 2. The van der Waals surface area contributed by atoms with Crippen molar-refractivity contribution in [2.24, 2.45) is 0 Å². The number of anilines is 1. The van der Waals surface area contributed by atoms with Crippen molar-refractivity contribution in [1.29, 1.82) is 0 Å². The number of carbonyl (C=O) groups excluding carboxylic acids is 1. The Bertz CT molecular complexity index is 1500. The van der Waals surface area contributed by atoms with Gasteiger partial charge in [-0.25, -0.2) is 14.5 Å². The van der Waals surface area contributed by atoms with Crippen LogP contribution in [-0.4, -0.2) is 61.6 Å². The Morgan fingerprint density at radius 3 is 2.75 bits per heavy atom. The van der Waals surface area contributed by atoms with Crippen molar-refractivity contribution < 1.29 is 4.79 Å². The molecule has 32 heavy (non-hydrogen) atoms. The standard InChI is InChI=1S/C23H20ClN7O/c1-14-20(24)22-27-21(16-4-2-3-5-19(16)31(22)28-14)29-8-10-30(11-9-29)23(32)15-6-7-17-18(12-15)26-13-25-17/h2-7,12-13H,8-11H2,1H3,(H,25,26). The summed E-state index contributed by atoms with van der Waals surface area (Å²) in [4.78, 5) is 29.4. The largest absolute Gasteiger partial charge is 0.352 e. The van der Waals surface area contributed by atoms with Crippen molar-refractivity contribution in [2.75, 3.05) is 31.1 Å². The first-order valence-corrected chi connectivity index (χ1v) is 10.9. The molecule has 1 N–H and O–H groups in total. The first kappa shape index (κ1) is 19.1. The molecule has 5 aromatic rings. The lowest BCUT2D eigenvalue weighted by molar-refractivity contribution is 0.0747. The van der Waals surface area contributed by atoms with Crippen molar-refractivity contribution in [3.05, 3.63) is 65.1 Å². The van der Waals surface area contributed by atoms with E-state index in [0.29, 0.717) is 42.4 Å². The highest BCUT2D eigenvalue weighted by atomic mass is 35.5. The third kappa shape index (κ3) is 2.90. The summed E-state index contributed by atoms with van der Waals surface area (Å²) in [6.07, 6.45) is 1.64. The van der Waals surface area contributed by atoms with Gasteiger partial charge in [0, 0.05) is 37.1 Å². The van der Waals surface area contributed by atoms with Gasteiger partial charge in [-0.1, -0.05) is 23.7 Å². The van der Waals surface area contributed by atoms with Crippen LogP contribution in [0.4, 0.5) is 5.82 Å². The second-order valence-electron chi connectivity index (χ2n) is 8.00. The number of hydrogen-bond acceptors (Lipinski definition) is 5. The molecule has 0 aliphatic carbocycles. The zero-order valence-electron chi connectivity index (χ0n) is 17.4. The van der Waals surface area contributed by atoms with Crippen molar-refractivity contribution in [3.63, 3.8) is 0 Å². The van der Waals surface area contributed by atoms with Crippen LogP contribution in [0.3, 0.4) is 0 Å². The predicted octanol–water partition coefficient (Wildman–Crippen LogP) is 3.68. The summed E-state index contributed by atoms with van der Waals surface area (Å²) >= 11 is 6.49. The average molecular weight is 446 g/mol. The molecule has 0 spiro atoms. The molecule has 1 saturated heterocycles. The number of aromatic amines is 1. The Kier molecular flexibility index (Phi) is 4.29. The monoisotopic (exact) mass is 445 g/mol. The fraction of sp³-hybridized carbons (Fsp3) is 0.217. The van der Waals surface area contributed by atoms with Crippen LogP contribution in [0.2, 0.25) is 5.02 Å². The molecule has 0 radical (unpaired) electrons. The number of carbonyl (C=O) groups is 1. The Balaban J connectivity index is 1.30. The molecule has 8 nitrogen and oxygen atoms in total. The lowest BCUT2D eigenvalue weighted by Crippen LogP contribution is -2.49. The first-order chi connectivity index (χ1) is 15.6. The molecule has 2 aromatic carbocycles. The van der Waals surface area contributed by atoms with Gasteiger partial charge in [-0.2, -0.15) is 5.10 Å². The SMILES string of the molecule is Cc1nn2c(nc(N3CCN(C(=O)c4ccc5nc[nH]c5c4)CC3)c3ccccc32)c1Cl. The molecule has 9 heteroatoms. The molecule has 1 amide bonds. The number of para-hydroxylation sites is 1. The highest BCUT2D eigenvalue weighted by Gasteiger charge is 2.25. The van der Waals surface area contributed by atoms with Gasteiger partial charge in [0.05, 0.1) is 28.6 Å². The lowest BCUT2D eigenvalue weighted by Gasteiger charge is -2.36. The van der Waals surface area contributed by atoms with Crippen LogP contribution in [0.5, 0.6) is 0 Å². The fourth-order valence-electron chi connectivity index (χ4n) is 4.38. The van der Waals surface area contributed by atoms with Gasteiger partial charge in [0.15, 0.2) is 5.65 Å². The van der Waals surface area contributed by atoms with E-state index in [1.54, 1.807) is 6.33 Å². The predicted molar refractivity (Wildman–Crippen MR) is 124 cm³/mol. The molecule has 1 aliphatic heterocycles. The Hall–Kier alpha value is -3.65. The van der Waals surface area contributed by atoms with Gasteiger partial charge in [0.25, 0.3) is 5.91 Å². The smallest absolute Gasteiger partial charge is 0.254 e. The summed E-state index contributed by atoms with van der Waals surface area (Å²) in [5, 5.41) is 6.14. The number of halogens is 1. The van der Waals surface area contributed by atoms with Gasteiger partial charge in [-0.05, 0) is 37.3 Å². The second kappa shape index (κ2) is 7.20. The summed E-state index contributed by atoms with van der Waals surface area (Å²) in [6, 6.07) is 13.7. The molecule has 0 bridgehead atoms. The molecular weight excluding hydrogens is 426 g/mol. The number of nitrogens with zero attached hydrogens (tertiary/aromatic N) is 6. The first-order valence-electron chi connectivity index (χ1n) is 10.5. The minimum atomic E-state index is 0.0314. The zero-order valence-corrected chi connectivity index (χ0v) is 18.2. The second-order valence-corrected chi connectivity index (χ2v) is 8.38. The van der Waals surface area contributed by atoms with E-state index in [9.17, 15) is 4.79 Å². The van der Waals surface area contributed by atoms with Crippen LogP contribution < -0.4 is 4.90 Å². The molecule has 0 saturated carbocycles.